The number of nitrogens with two attached hydrogens (primary N) is 1. The van der Waals surface area contributed by atoms with E-state index in [0.717, 1.165) is 17.8 Å². The molecular formula is C14H26N2. The van der Waals surface area contributed by atoms with Crippen molar-refractivity contribution in [2.75, 3.05) is 19.6 Å². The highest BCUT2D eigenvalue weighted by molar-refractivity contribution is 4.94. The number of hydrogen-bond donors (Lipinski definition) is 1. The summed E-state index contributed by atoms with van der Waals surface area (Å²) in [5, 5.41) is 0. The van der Waals surface area contributed by atoms with Gasteiger partial charge in [0, 0.05) is 25.7 Å². The topological polar surface area (TPSA) is 29.3 Å². The first kappa shape index (κ1) is 11.0. The minimum absolute atomic E-state index is 0.520. The molecule has 0 amide bonds. The summed E-state index contributed by atoms with van der Waals surface area (Å²) in [4.78, 5) is 2.75. The zero-order valence-corrected chi connectivity index (χ0v) is 10.4. The van der Waals surface area contributed by atoms with E-state index in [1.54, 1.807) is 0 Å². The van der Waals surface area contributed by atoms with Gasteiger partial charge in [-0.1, -0.05) is 19.3 Å². The number of nitrogens with zero attached hydrogens (tertiary/aromatic N) is 1. The van der Waals surface area contributed by atoms with Crippen molar-refractivity contribution in [3.63, 3.8) is 0 Å². The van der Waals surface area contributed by atoms with Gasteiger partial charge in [-0.3, -0.25) is 0 Å². The van der Waals surface area contributed by atoms with Gasteiger partial charge in [0.25, 0.3) is 0 Å². The Hall–Kier alpha value is -0.0800. The first-order valence-corrected chi connectivity index (χ1v) is 7.29. The van der Waals surface area contributed by atoms with Crippen molar-refractivity contribution in [1.29, 1.82) is 0 Å². The largest absolute Gasteiger partial charge is 0.328 e. The zero-order chi connectivity index (χ0) is 11.0. The Morgan fingerprint density at radius 3 is 2.19 bits per heavy atom. The van der Waals surface area contributed by atoms with Gasteiger partial charge in [-0.2, -0.15) is 0 Å². The van der Waals surface area contributed by atoms with Crippen LogP contribution in [0.1, 0.15) is 44.9 Å². The number of rotatable bonds is 2. The molecule has 16 heavy (non-hydrogen) atoms. The van der Waals surface area contributed by atoms with E-state index in [2.05, 4.69) is 4.90 Å². The zero-order valence-electron chi connectivity index (χ0n) is 10.4. The first-order valence-electron chi connectivity index (χ1n) is 7.29. The van der Waals surface area contributed by atoms with E-state index in [1.165, 1.54) is 64.6 Å². The SMILES string of the molecule is N[C@@H]1C[C@@H]2CN(CC3CCCCC3)C[C@@H]2C1. The molecule has 1 aliphatic heterocycles. The first-order chi connectivity index (χ1) is 7.81. The van der Waals surface area contributed by atoms with Gasteiger partial charge in [0.05, 0.1) is 0 Å². The molecule has 0 aromatic carbocycles. The summed E-state index contributed by atoms with van der Waals surface area (Å²) >= 11 is 0. The Morgan fingerprint density at radius 2 is 1.56 bits per heavy atom. The van der Waals surface area contributed by atoms with Crippen LogP contribution < -0.4 is 5.73 Å². The van der Waals surface area contributed by atoms with Crippen LogP contribution in [0, 0.1) is 17.8 Å². The summed E-state index contributed by atoms with van der Waals surface area (Å²) in [6, 6.07) is 0.520. The van der Waals surface area contributed by atoms with E-state index < -0.39 is 0 Å². The average molecular weight is 222 g/mol. The van der Waals surface area contributed by atoms with Crippen LogP contribution in [-0.4, -0.2) is 30.6 Å². The molecule has 3 fully saturated rings. The maximum absolute atomic E-state index is 6.04. The van der Waals surface area contributed by atoms with Crippen molar-refractivity contribution >= 4 is 0 Å². The second-order valence-corrected chi connectivity index (χ2v) is 6.47. The standard InChI is InChI=1S/C14H26N2/c15-14-6-12-9-16(10-13(12)7-14)8-11-4-2-1-3-5-11/h11-14H,1-10,15H2/t12-,13+,14-. The molecule has 0 aromatic rings. The molecule has 0 radical (unpaired) electrons. The quantitative estimate of drug-likeness (QED) is 0.776. The van der Waals surface area contributed by atoms with E-state index >= 15 is 0 Å². The van der Waals surface area contributed by atoms with E-state index in [-0.39, 0.29) is 0 Å². The molecule has 3 aliphatic rings. The highest BCUT2D eigenvalue weighted by Gasteiger charge is 2.39. The van der Waals surface area contributed by atoms with Crippen molar-refractivity contribution in [1.82, 2.24) is 4.90 Å². The predicted molar refractivity (Wildman–Crippen MR) is 67.2 cm³/mol. The van der Waals surface area contributed by atoms with E-state index in [1.807, 2.05) is 0 Å². The van der Waals surface area contributed by atoms with Crippen molar-refractivity contribution in [3.05, 3.63) is 0 Å². The van der Waals surface area contributed by atoms with E-state index in [9.17, 15) is 0 Å². The van der Waals surface area contributed by atoms with Gasteiger partial charge in [-0.25, -0.2) is 0 Å². The summed E-state index contributed by atoms with van der Waals surface area (Å²) in [5.74, 6) is 2.90. The van der Waals surface area contributed by atoms with Gasteiger partial charge in [0.15, 0.2) is 0 Å². The van der Waals surface area contributed by atoms with Gasteiger partial charge in [0.2, 0.25) is 0 Å². The Morgan fingerprint density at radius 1 is 0.938 bits per heavy atom. The Balaban J connectivity index is 1.47. The lowest BCUT2D eigenvalue weighted by atomic mass is 9.89. The van der Waals surface area contributed by atoms with Crippen molar-refractivity contribution < 1.29 is 0 Å². The van der Waals surface area contributed by atoms with Crippen LogP contribution in [-0.2, 0) is 0 Å². The molecule has 0 aromatic heterocycles. The molecule has 1 saturated heterocycles. The second kappa shape index (κ2) is 4.66. The normalized spacial score (nSPS) is 41.4. The van der Waals surface area contributed by atoms with Crippen LogP contribution >= 0.6 is 0 Å². The van der Waals surface area contributed by atoms with Crippen molar-refractivity contribution in [3.8, 4) is 0 Å². The molecule has 2 aliphatic carbocycles. The lowest BCUT2D eigenvalue weighted by molar-refractivity contribution is 0.220. The molecule has 0 unspecified atom stereocenters. The van der Waals surface area contributed by atoms with Gasteiger partial charge in [-0.15, -0.1) is 0 Å². The van der Waals surface area contributed by atoms with Gasteiger partial charge in [0.1, 0.15) is 0 Å². The molecule has 3 rings (SSSR count). The molecule has 2 heteroatoms. The fourth-order valence-electron chi connectivity index (χ4n) is 4.33. The summed E-state index contributed by atoms with van der Waals surface area (Å²) in [5.41, 5.74) is 6.04. The Bertz CT molecular complexity index is 221. The minimum atomic E-state index is 0.520. The second-order valence-electron chi connectivity index (χ2n) is 6.47. The fourth-order valence-corrected chi connectivity index (χ4v) is 4.33. The summed E-state index contributed by atoms with van der Waals surface area (Å²) in [7, 11) is 0. The fraction of sp³-hybridized carbons (Fsp3) is 1.00. The Labute approximate surface area is 99.6 Å². The molecule has 2 saturated carbocycles. The third-order valence-electron chi connectivity index (χ3n) is 5.10. The van der Waals surface area contributed by atoms with Crippen molar-refractivity contribution in [2.24, 2.45) is 23.5 Å². The number of likely N-dealkylation sites (tertiary alicyclic amines) is 1. The summed E-state index contributed by atoms with van der Waals surface area (Å²) in [6.45, 7) is 4.10. The number of fused-ring (bicyclic) bond motifs is 1. The monoisotopic (exact) mass is 222 g/mol. The molecule has 0 spiro atoms. The number of hydrogen-bond acceptors (Lipinski definition) is 2. The van der Waals surface area contributed by atoms with Crippen LogP contribution in [0.2, 0.25) is 0 Å². The van der Waals surface area contributed by atoms with Crippen LogP contribution in [0.3, 0.4) is 0 Å². The van der Waals surface area contributed by atoms with Crippen LogP contribution in [0.5, 0.6) is 0 Å². The van der Waals surface area contributed by atoms with E-state index in [0.29, 0.717) is 6.04 Å². The van der Waals surface area contributed by atoms with Gasteiger partial charge < -0.3 is 10.6 Å². The molecule has 0 bridgehead atoms. The lowest BCUT2D eigenvalue weighted by Gasteiger charge is -2.27. The van der Waals surface area contributed by atoms with Gasteiger partial charge in [-0.05, 0) is 43.4 Å². The maximum atomic E-state index is 6.04. The minimum Gasteiger partial charge on any atom is -0.328 e. The molecule has 2 N–H and O–H groups in total. The molecule has 2 nitrogen and oxygen atoms in total. The third kappa shape index (κ3) is 2.28. The smallest absolute Gasteiger partial charge is 0.00452 e. The van der Waals surface area contributed by atoms with Crippen LogP contribution in [0.25, 0.3) is 0 Å². The molecule has 92 valence electrons. The van der Waals surface area contributed by atoms with Crippen molar-refractivity contribution in [2.45, 2.75) is 51.0 Å². The van der Waals surface area contributed by atoms with Crippen LogP contribution in [0.4, 0.5) is 0 Å². The summed E-state index contributed by atoms with van der Waals surface area (Å²) in [6.07, 6.45) is 10.0. The molecule has 1 heterocycles. The summed E-state index contributed by atoms with van der Waals surface area (Å²) < 4.78 is 0. The highest BCUT2D eigenvalue weighted by Crippen LogP contribution is 2.38. The molecular weight excluding hydrogens is 196 g/mol. The Kier molecular flexibility index (Phi) is 3.21. The van der Waals surface area contributed by atoms with Crippen LogP contribution in [0.15, 0.2) is 0 Å². The average Bonchev–Trinajstić information content (AvgIpc) is 2.76. The molecule has 3 atom stereocenters. The third-order valence-corrected chi connectivity index (χ3v) is 5.10. The van der Waals surface area contributed by atoms with E-state index in [4.69, 9.17) is 5.73 Å². The highest BCUT2D eigenvalue weighted by atomic mass is 15.2. The maximum Gasteiger partial charge on any atom is 0.00452 e. The van der Waals surface area contributed by atoms with Gasteiger partial charge >= 0.3 is 0 Å². The lowest BCUT2D eigenvalue weighted by Crippen LogP contribution is -2.30. The predicted octanol–water partition coefficient (Wildman–Crippen LogP) is 2.24.